The van der Waals surface area contributed by atoms with Gasteiger partial charge in [0, 0.05) is 68.2 Å². The number of hydrogen-bond acceptors (Lipinski definition) is 5. The second kappa shape index (κ2) is 9.58. The monoisotopic (exact) mass is 532 g/mol. The van der Waals surface area contributed by atoms with E-state index in [0.29, 0.717) is 12.0 Å². The van der Waals surface area contributed by atoms with Gasteiger partial charge in [-0.15, -0.1) is 24.0 Å². The summed E-state index contributed by atoms with van der Waals surface area (Å²) in [6.45, 7) is 5.86. The molecule has 1 aliphatic carbocycles. The van der Waals surface area contributed by atoms with Gasteiger partial charge in [0.1, 0.15) is 5.82 Å². The second-order valence-corrected chi connectivity index (χ2v) is 8.18. The van der Waals surface area contributed by atoms with Crippen LogP contribution in [0.1, 0.15) is 30.7 Å². The van der Waals surface area contributed by atoms with Gasteiger partial charge in [-0.2, -0.15) is 4.37 Å². The van der Waals surface area contributed by atoms with Crippen LogP contribution in [-0.4, -0.2) is 59.5 Å². The minimum absolute atomic E-state index is 0. The van der Waals surface area contributed by atoms with Crippen LogP contribution >= 0.6 is 47.1 Å². The molecule has 2 heterocycles. The number of anilines is 1. The molecule has 6 nitrogen and oxygen atoms in total. The van der Waals surface area contributed by atoms with Crippen LogP contribution in [0.25, 0.3) is 0 Å². The van der Waals surface area contributed by atoms with E-state index in [1.54, 1.807) is 0 Å². The van der Waals surface area contributed by atoms with Crippen LogP contribution in [0.15, 0.2) is 29.3 Å². The van der Waals surface area contributed by atoms with E-state index in [1.165, 1.54) is 17.1 Å². The molecule has 28 heavy (non-hydrogen) atoms. The van der Waals surface area contributed by atoms with E-state index in [9.17, 15) is 0 Å². The van der Waals surface area contributed by atoms with E-state index in [-0.39, 0.29) is 24.0 Å². The number of aryl methyl sites for hydroxylation is 1. The van der Waals surface area contributed by atoms with Crippen molar-refractivity contribution in [3.05, 3.63) is 40.7 Å². The summed E-state index contributed by atoms with van der Waals surface area (Å²) in [6.07, 6.45) is 2.02. The van der Waals surface area contributed by atoms with Gasteiger partial charge >= 0.3 is 0 Å². The lowest BCUT2D eigenvalue weighted by atomic mass is 10.1. The van der Waals surface area contributed by atoms with Crippen LogP contribution in [0.2, 0.25) is 5.02 Å². The molecule has 0 bridgehead atoms. The molecule has 1 aromatic carbocycles. The van der Waals surface area contributed by atoms with Crippen molar-refractivity contribution in [3.63, 3.8) is 0 Å². The van der Waals surface area contributed by atoms with Crippen LogP contribution in [0, 0.1) is 0 Å². The molecule has 152 valence electrons. The van der Waals surface area contributed by atoms with Crippen LogP contribution in [0.5, 0.6) is 0 Å². The Kier molecular flexibility index (Phi) is 7.38. The highest BCUT2D eigenvalue weighted by molar-refractivity contribution is 14.0. The van der Waals surface area contributed by atoms with E-state index in [1.807, 2.05) is 19.2 Å². The zero-order valence-electron chi connectivity index (χ0n) is 16.1. The van der Waals surface area contributed by atoms with Gasteiger partial charge in [0.15, 0.2) is 5.96 Å². The van der Waals surface area contributed by atoms with Gasteiger partial charge < -0.3 is 15.1 Å². The summed E-state index contributed by atoms with van der Waals surface area (Å²) in [5.41, 5.74) is 1.31. The second-order valence-electron chi connectivity index (χ2n) is 7.02. The number of aromatic nitrogens is 2. The van der Waals surface area contributed by atoms with Gasteiger partial charge in [0.25, 0.3) is 0 Å². The van der Waals surface area contributed by atoms with Crippen molar-refractivity contribution >= 4 is 58.2 Å². The highest BCUT2D eigenvalue weighted by atomic mass is 127. The van der Waals surface area contributed by atoms with Crippen molar-refractivity contribution in [3.8, 4) is 0 Å². The number of hydrogen-bond donors (Lipinski definition) is 1. The first-order chi connectivity index (χ1) is 13.2. The average Bonchev–Trinajstić information content (AvgIpc) is 3.30. The number of aliphatic imine (C=N–C) groups is 1. The lowest BCUT2D eigenvalue weighted by Gasteiger charge is -2.36. The lowest BCUT2D eigenvalue weighted by molar-refractivity contribution is 0.372. The first-order valence-electron chi connectivity index (χ1n) is 9.49. The predicted octanol–water partition coefficient (Wildman–Crippen LogP) is 3.63. The molecule has 4 rings (SSSR count). The van der Waals surface area contributed by atoms with Crippen LogP contribution in [0.4, 0.5) is 5.13 Å². The van der Waals surface area contributed by atoms with Crippen LogP contribution in [0.3, 0.4) is 0 Å². The third-order valence-corrected chi connectivity index (χ3v) is 6.27. The van der Waals surface area contributed by atoms with Crippen molar-refractivity contribution in [1.82, 2.24) is 19.6 Å². The van der Waals surface area contributed by atoms with Crippen molar-refractivity contribution in [2.45, 2.75) is 31.7 Å². The highest BCUT2D eigenvalue weighted by Gasteiger charge is 2.40. The Bertz CT molecular complexity index is 820. The summed E-state index contributed by atoms with van der Waals surface area (Å²) in [5.74, 6) is 2.46. The molecule has 2 unspecified atom stereocenters. The maximum atomic E-state index is 6.13. The third-order valence-electron chi connectivity index (χ3n) is 5.22. The molecule has 0 amide bonds. The van der Waals surface area contributed by atoms with Gasteiger partial charge in [0.05, 0.1) is 0 Å². The molecule has 1 saturated carbocycles. The fraction of sp³-hybridized carbons (Fsp3) is 0.526. The zero-order valence-corrected chi connectivity index (χ0v) is 20.0. The number of benzene rings is 1. The molecule has 2 atom stereocenters. The minimum Gasteiger partial charge on any atom is -0.353 e. The fourth-order valence-electron chi connectivity index (χ4n) is 3.55. The van der Waals surface area contributed by atoms with Crippen molar-refractivity contribution in [2.75, 3.05) is 38.1 Å². The molecule has 2 aromatic rings. The van der Waals surface area contributed by atoms with Crippen molar-refractivity contribution in [1.29, 1.82) is 0 Å². The average molecular weight is 533 g/mol. The lowest BCUT2D eigenvalue weighted by Crippen LogP contribution is -2.53. The molecule has 2 fully saturated rings. The van der Waals surface area contributed by atoms with Gasteiger partial charge in [-0.3, -0.25) is 4.99 Å². The molecule has 2 aliphatic rings. The standard InChI is InChI=1S/C19H25ClN6S.HI/c1-3-17-23-19(27-24-17)26-9-7-25(8-10-26)18(21-2)22-16-12-15(16)13-5-4-6-14(20)11-13;/h4-6,11,15-16H,3,7-10,12H2,1-2H3,(H,21,22);1H. The van der Waals surface area contributed by atoms with Gasteiger partial charge in [-0.25, -0.2) is 4.98 Å². The topological polar surface area (TPSA) is 56.7 Å². The molecule has 1 aromatic heterocycles. The summed E-state index contributed by atoms with van der Waals surface area (Å²) in [7, 11) is 1.86. The van der Waals surface area contributed by atoms with Crippen molar-refractivity contribution in [2.24, 2.45) is 4.99 Å². The number of piperazine rings is 1. The molecule has 9 heteroatoms. The van der Waals surface area contributed by atoms with E-state index in [0.717, 1.165) is 61.0 Å². The number of nitrogens with zero attached hydrogens (tertiary/aromatic N) is 5. The Labute approximate surface area is 192 Å². The number of guanidine groups is 1. The molecule has 0 spiro atoms. The van der Waals surface area contributed by atoms with E-state index >= 15 is 0 Å². The van der Waals surface area contributed by atoms with E-state index in [2.05, 4.69) is 48.5 Å². The SMILES string of the molecule is CCc1nsc(N2CCN(C(=NC)NC3CC3c3cccc(Cl)c3)CC2)n1.I. The summed E-state index contributed by atoms with van der Waals surface area (Å²) in [6, 6.07) is 8.62. The largest absolute Gasteiger partial charge is 0.353 e. The third kappa shape index (κ3) is 4.88. The summed E-state index contributed by atoms with van der Waals surface area (Å²) in [5, 5.41) is 5.48. The fourth-order valence-corrected chi connectivity index (χ4v) is 4.55. The summed E-state index contributed by atoms with van der Waals surface area (Å²) in [4.78, 5) is 13.8. The maximum Gasteiger partial charge on any atom is 0.205 e. The molecule has 1 saturated heterocycles. The molecule has 1 aliphatic heterocycles. The normalized spacial score (nSPS) is 22.0. The Morgan fingerprint density at radius 1 is 1.32 bits per heavy atom. The Morgan fingerprint density at radius 2 is 2.11 bits per heavy atom. The van der Waals surface area contributed by atoms with Crippen LogP contribution in [-0.2, 0) is 6.42 Å². The maximum absolute atomic E-state index is 6.13. The Morgan fingerprint density at radius 3 is 2.75 bits per heavy atom. The Balaban J connectivity index is 0.00000225. The van der Waals surface area contributed by atoms with E-state index < -0.39 is 0 Å². The van der Waals surface area contributed by atoms with Crippen LogP contribution < -0.4 is 10.2 Å². The Hall–Kier alpha value is -1.13. The molecule has 1 N–H and O–H groups in total. The molecular formula is C19H26ClIN6S. The minimum atomic E-state index is 0. The highest BCUT2D eigenvalue weighted by Crippen LogP contribution is 2.41. The first-order valence-corrected chi connectivity index (χ1v) is 10.6. The van der Waals surface area contributed by atoms with Gasteiger partial charge in [-0.05, 0) is 24.1 Å². The molecule has 0 radical (unpaired) electrons. The zero-order chi connectivity index (χ0) is 18.8. The number of rotatable bonds is 4. The number of halogens is 2. The van der Waals surface area contributed by atoms with Gasteiger partial charge in [-0.1, -0.05) is 30.7 Å². The van der Waals surface area contributed by atoms with Crippen molar-refractivity contribution < 1.29 is 0 Å². The van der Waals surface area contributed by atoms with Gasteiger partial charge in [0.2, 0.25) is 5.13 Å². The molecular weight excluding hydrogens is 507 g/mol. The smallest absolute Gasteiger partial charge is 0.205 e. The summed E-state index contributed by atoms with van der Waals surface area (Å²) < 4.78 is 4.40. The quantitative estimate of drug-likeness (QED) is 0.370. The summed E-state index contributed by atoms with van der Waals surface area (Å²) >= 11 is 7.63. The number of nitrogens with one attached hydrogen (secondary N) is 1. The predicted molar refractivity (Wildman–Crippen MR) is 128 cm³/mol. The first kappa shape index (κ1) is 21.6. The van der Waals surface area contributed by atoms with E-state index in [4.69, 9.17) is 11.6 Å².